The second kappa shape index (κ2) is 16.6. The Hall–Kier alpha value is -6.73. The number of halogens is 2. The Balaban J connectivity index is 0.689. The average molecular weight is 932 g/mol. The number of imide groups is 1. The Morgan fingerprint density at radius 1 is 0.910 bits per heavy atom. The number of benzene rings is 3. The van der Waals surface area contributed by atoms with Crippen LogP contribution in [0.25, 0.3) is 11.1 Å². The van der Waals surface area contributed by atoms with Crippen molar-refractivity contribution in [3.8, 4) is 16.9 Å². The number of nitrogens with zero attached hydrogens (tertiary/aromatic N) is 7. The molecule has 1 saturated carbocycles. The van der Waals surface area contributed by atoms with Crippen LogP contribution < -0.4 is 25.2 Å². The third-order valence-corrected chi connectivity index (χ3v) is 15.1. The first kappa shape index (κ1) is 42.9. The number of hydrogen-bond acceptors (Lipinski definition) is 12. The van der Waals surface area contributed by atoms with Crippen molar-refractivity contribution in [2.45, 2.75) is 75.3 Å². The number of amides is 5. The molecule has 7 aliphatic rings. The molecule has 3 aromatic carbocycles. The van der Waals surface area contributed by atoms with Crippen molar-refractivity contribution in [3.63, 3.8) is 0 Å². The van der Waals surface area contributed by atoms with Crippen LogP contribution in [0.2, 0.25) is 0 Å². The average Bonchev–Trinajstić information content (AvgIpc) is 4.13. The molecule has 67 heavy (non-hydrogen) atoms. The zero-order chi connectivity index (χ0) is 46.2. The molecule has 5 fully saturated rings. The number of rotatable bonds is 11. The van der Waals surface area contributed by atoms with Crippen LogP contribution in [0.3, 0.4) is 0 Å². The summed E-state index contributed by atoms with van der Waals surface area (Å²) in [5, 5.41) is 18.8. The van der Waals surface area contributed by atoms with Crippen LogP contribution in [-0.2, 0) is 38.7 Å². The van der Waals surface area contributed by atoms with Gasteiger partial charge >= 0.3 is 0 Å². The van der Waals surface area contributed by atoms with Gasteiger partial charge in [0.25, 0.3) is 17.7 Å². The molecule has 6 aliphatic heterocycles. The Morgan fingerprint density at radius 2 is 1.69 bits per heavy atom. The molecule has 346 valence electrons. The summed E-state index contributed by atoms with van der Waals surface area (Å²) < 4.78 is 39.2. The number of nitrogens with one attached hydrogen (secondary N) is 2. The van der Waals surface area contributed by atoms with Crippen LogP contribution in [0.1, 0.15) is 71.9 Å². The van der Waals surface area contributed by atoms with E-state index < -0.39 is 46.6 Å². The maximum atomic E-state index is 16.0. The van der Waals surface area contributed by atoms with E-state index in [0.717, 1.165) is 30.8 Å². The van der Waals surface area contributed by atoms with Crippen molar-refractivity contribution in [2.75, 3.05) is 54.4 Å². The molecule has 2 aromatic heterocycles. The Labute approximate surface area is 387 Å². The number of carbonyl (C=O) groups excluding carboxylic acids is 5. The van der Waals surface area contributed by atoms with Crippen LogP contribution in [-0.4, -0.2) is 109 Å². The fourth-order valence-electron chi connectivity index (χ4n) is 10.6. The molecule has 3 N–H and O–H groups in total. The highest BCUT2D eigenvalue weighted by atomic mass is 32.1. The zero-order valence-electron chi connectivity index (χ0n) is 36.4. The summed E-state index contributed by atoms with van der Waals surface area (Å²) in [7, 11) is 0. The van der Waals surface area contributed by atoms with Gasteiger partial charge in [0, 0.05) is 105 Å². The minimum atomic E-state index is -1.23. The summed E-state index contributed by atoms with van der Waals surface area (Å²) in [6.45, 7) is 3.43. The lowest BCUT2D eigenvalue weighted by Crippen LogP contribution is -2.68. The predicted molar refractivity (Wildman–Crippen MR) is 241 cm³/mol. The first-order chi connectivity index (χ1) is 32.3. The van der Waals surface area contributed by atoms with Gasteiger partial charge in [-0.15, -0.1) is 11.3 Å². The summed E-state index contributed by atoms with van der Waals surface area (Å²) in [6, 6.07) is 14.1. The number of anilines is 3. The maximum absolute atomic E-state index is 16.0. The van der Waals surface area contributed by atoms with Crippen LogP contribution in [0.4, 0.5) is 25.3 Å². The molecule has 1 unspecified atom stereocenters. The molecular weight excluding hydrogens is 885 g/mol. The van der Waals surface area contributed by atoms with Gasteiger partial charge in [-0.3, -0.25) is 34.6 Å². The molecule has 5 aromatic rings. The van der Waals surface area contributed by atoms with Crippen molar-refractivity contribution >= 4 is 57.4 Å². The highest BCUT2D eigenvalue weighted by Crippen LogP contribution is 2.45. The van der Waals surface area contributed by atoms with Crippen molar-refractivity contribution in [1.82, 2.24) is 29.7 Å². The molecule has 5 amide bonds. The number of imidazole rings is 1. The maximum Gasteiger partial charge on any atom is 0.270 e. The lowest BCUT2D eigenvalue weighted by atomic mass is 9.66. The standard InChI is InChI=1S/C48H47F2N9O7S/c49-35-21-29(20-33-34(35)26-59(44(33)63)41(43(62)54-46-51-11-19-67-46)40-38-2-1-12-58(38)27-52-40)28-3-5-31(6-4-28)55-15-17-57(18-16-55)39(60)25-47(65)9-13-56(14-10-47)37-8-7-32(22-36(37)50)66-48-23-30(24-48)42(61)53-45(48)64/h3-8,11,19-22,27,30,41,65H,1-2,9-10,12-18,23-26H2,(H,51,54,62)(H,53,61,64). The molecule has 8 heterocycles. The number of thiazole rings is 1. The minimum Gasteiger partial charge on any atom is -0.477 e. The number of ether oxygens (including phenoxy) is 1. The highest BCUT2D eigenvalue weighted by molar-refractivity contribution is 7.13. The smallest absolute Gasteiger partial charge is 0.270 e. The number of carbonyl (C=O) groups is 5. The van der Waals surface area contributed by atoms with E-state index in [4.69, 9.17) is 4.74 Å². The number of hydrogen-bond donors (Lipinski definition) is 3. The monoisotopic (exact) mass is 931 g/mol. The van der Waals surface area contributed by atoms with Gasteiger partial charge in [-0.2, -0.15) is 0 Å². The number of aromatic nitrogens is 3. The largest absolute Gasteiger partial charge is 0.477 e. The van der Waals surface area contributed by atoms with Gasteiger partial charge in [0.2, 0.25) is 11.8 Å². The zero-order valence-corrected chi connectivity index (χ0v) is 37.2. The van der Waals surface area contributed by atoms with Gasteiger partial charge in [0.15, 0.2) is 16.8 Å². The normalized spacial score (nSPS) is 22.3. The molecule has 2 bridgehead atoms. The number of aliphatic hydroxyl groups is 1. The topological polar surface area (TPSA) is 183 Å². The van der Waals surface area contributed by atoms with Gasteiger partial charge in [-0.1, -0.05) is 12.1 Å². The fraction of sp³-hybridized carbons (Fsp3) is 0.396. The van der Waals surface area contributed by atoms with Gasteiger partial charge in [-0.25, -0.2) is 18.7 Å². The molecule has 1 atom stereocenters. The van der Waals surface area contributed by atoms with Crippen molar-refractivity contribution < 1.29 is 42.6 Å². The quantitative estimate of drug-likeness (QED) is 0.155. The molecule has 0 radical (unpaired) electrons. The van der Waals surface area contributed by atoms with Crippen LogP contribution in [0.15, 0.2) is 72.5 Å². The van der Waals surface area contributed by atoms with E-state index in [0.29, 0.717) is 66.9 Å². The Kier molecular flexibility index (Phi) is 10.6. The van der Waals surface area contributed by atoms with Crippen molar-refractivity contribution in [1.29, 1.82) is 0 Å². The second-order valence-corrected chi connectivity index (χ2v) is 19.4. The lowest BCUT2D eigenvalue weighted by molar-refractivity contribution is -0.168. The Bertz CT molecular complexity index is 2820. The van der Waals surface area contributed by atoms with Crippen LogP contribution in [0, 0.1) is 17.6 Å². The summed E-state index contributed by atoms with van der Waals surface area (Å²) in [4.78, 5) is 81.7. The minimum absolute atomic E-state index is 0.0397. The molecule has 12 rings (SSSR count). The van der Waals surface area contributed by atoms with E-state index in [1.54, 1.807) is 41.0 Å². The molecule has 0 spiro atoms. The van der Waals surface area contributed by atoms with E-state index in [9.17, 15) is 29.1 Å². The van der Waals surface area contributed by atoms with E-state index >= 15 is 8.78 Å². The predicted octanol–water partition coefficient (Wildman–Crippen LogP) is 4.82. The molecule has 4 saturated heterocycles. The van der Waals surface area contributed by atoms with Crippen molar-refractivity contribution in [3.05, 3.63) is 107 Å². The summed E-state index contributed by atoms with van der Waals surface area (Å²) >= 11 is 1.26. The molecular formula is C48H47F2N9O7S. The molecule has 1 aliphatic carbocycles. The van der Waals surface area contributed by atoms with E-state index in [-0.39, 0.29) is 73.3 Å². The fourth-order valence-corrected chi connectivity index (χ4v) is 11.1. The number of piperazine rings is 1. The first-order valence-corrected chi connectivity index (χ1v) is 23.5. The van der Waals surface area contributed by atoms with Crippen LogP contribution in [0.5, 0.6) is 5.75 Å². The van der Waals surface area contributed by atoms with Gasteiger partial charge in [0.05, 0.1) is 36.3 Å². The molecule has 19 heteroatoms. The van der Waals surface area contributed by atoms with Gasteiger partial charge < -0.3 is 34.0 Å². The van der Waals surface area contributed by atoms with E-state index in [1.807, 2.05) is 33.7 Å². The highest BCUT2D eigenvalue weighted by Gasteiger charge is 2.60. The number of piperidine rings is 3. The SMILES string of the molecule is O=C1NC(=O)C2(Oc3ccc(N4CCC(O)(CC(=O)N5CCN(c6ccc(-c7cc(F)c8c(c7)C(=O)N(C(C(=O)Nc7nccs7)c7ncn9c7CCC9)C8)cc6)CC5)CC4)c(F)c3)CC1C2. The van der Waals surface area contributed by atoms with Gasteiger partial charge in [-0.05, 0) is 73.2 Å². The summed E-state index contributed by atoms with van der Waals surface area (Å²) in [5.74, 6) is -2.98. The van der Waals surface area contributed by atoms with Crippen molar-refractivity contribution in [2.24, 2.45) is 5.92 Å². The Morgan fingerprint density at radius 3 is 2.40 bits per heavy atom. The van der Waals surface area contributed by atoms with Crippen LogP contribution >= 0.6 is 11.3 Å². The number of fused-ring (bicyclic) bond motifs is 4. The third kappa shape index (κ3) is 7.76. The van der Waals surface area contributed by atoms with E-state index in [1.165, 1.54) is 28.4 Å². The first-order valence-electron chi connectivity index (χ1n) is 22.7. The summed E-state index contributed by atoms with van der Waals surface area (Å²) in [6.07, 6.45) is 5.96. The second-order valence-electron chi connectivity index (χ2n) is 18.5. The molecule has 16 nitrogen and oxygen atoms in total. The van der Waals surface area contributed by atoms with Gasteiger partial charge in [0.1, 0.15) is 17.4 Å². The number of aryl methyl sites for hydroxylation is 1. The third-order valence-electron chi connectivity index (χ3n) is 14.4. The van der Waals surface area contributed by atoms with E-state index in [2.05, 4.69) is 25.5 Å². The summed E-state index contributed by atoms with van der Waals surface area (Å²) in [5.41, 5.74) is 1.93. The lowest BCUT2D eigenvalue weighted by Gasteiger charge is -2.48.